The first-order chi connectivity index (χ1) is 14.7. The van der Waals surface area contributed by atoms with Gasteiger partial charge in [0.15, 0.2) is 0 Å². The van der Waals surface area contributed by atoms with E-state index in [9.17, 15) is 21.6 Å². The van der Waals surface area contributed by atoms with Crippen molar-refractivity contribution < 1.29 is 35.1 Å². The van der Waals surface area contributed by atoms with E-state index in [0.29, 0.717) is 12.8 Å². The lowest BCUT2D eigenvalue weighted by Gasteiger charge is -2.33. The van der Waals surface area contributed by atoms with Gasteiger partial charge in [0.1, 0.15) is 5.76 Å². The van der Waals surface area contributed by atoms with Crippen LogP contribution < -0.4 is 0 Å². The Morgan fingerprint density at radius 2 is 1.30 bits per heavy atom. The van der Waals surface area contributed by atoms with Gasteiger partial charge in [0, 0.05) is 5.41 Å². The first kappa shape index (κ1) is 28.2. The van der Waals surface area contributed by atoms with Gasteiger partial charge < -0.3 is 13.5 Å². The number of rotatable bonds is 3. The average molecular weight is 494 g/mol. The van der Waals surface area contributed by atoms with Crippen LogP contribution >= 0.6 is 0 Å². The molecular formula is C23H38BF3O5S. The highest BCUT2D eigenvalue weighted by molar-refractivity contribution is 7.87. The van der Waals surface area contributed by atoms with E-state index in [1.54, 1.807) is 13.8 Å². The highest BCUT2D eigenvalue weighted by Gasteiger charge is 2.54. The lowest BCUT2D eigenvalue weighted by Crippen LogP contribution is -2.41. The summed E-state index contributed by atoms with van der Waals surface area (Å²) in [5.41, 5.74) is -4.96. The van der Waals surface area contributed by atoms with Gasteiger partial charge in [0.05, 0.1) is 11.2 Å². The van der Waals surface area contributed by atoms with E-state index in [-0.39, 0.29) is 29.5 Å². The Bertz CT molecular complexity index is 870. The molecular weight excluding hydrogens is 456 g/mol. The molecule has 1 aliphatic heterocycles. The van der Waals surface area contributed by atoms with E-state index in [1.807, 2.05) is 0 Å². The molecule has 5 nitrogen and oxygen atoms in total. The van der Waals surface area contributed by atoms with Crippen LogP contribution in [0.25, 0.3) is 0 Å². The smallest absolute Gasteiger partial charge is 0.400 e. The predicted octanol–water partition coefficient (Wildman–Crippen LogP) is 6.70. The van der Waals surface area contributed by atoms with Gasteiger partial charge in [-0.15, -0.1) is 0 Å². The summed E-state index contributed by atoms with van der Waals surface area (Å²) in [6, 6.07) is 0. The molecule has 0 bridgehead atoms. The summed E-state index contributed by atoms with van der Waals surface area (Å²) < 4.78 is 74.4. The summed E-state index contributed by atoms with van der Waals surface area (Å²) in [5, 5.41) is 0. The zero-order chi connectivity index (χ0) is 25.5. The van der Waals surface area contributed by atoms with Crippen LogP contribution in [0.4, 0.5) is 13.2 Å². The number of hydrogen-bond donors (Lipinski definition) is 0. The third-order valence-electron chi connectivity index (χ3n) is 7.14. The van der Waals surface area contributed by atoms with Gasteiger partial charge in [-0.25, -0.2) is 0 Å². The lowest BCUT2D eigenvalue weighted by molar-refractivity contribution is -0.0533. The molecule has 190 valence electrons. The maximum atomic E-state index is 12.1. The van der Waals surface area contributed by atoms with E-state index >= 15 is 0 Å². The van der Waals surface area contributed by atoms with E-state index in [0.717, 1.165) is 12.8 Å². The Balaban J connectivity index is 0.000000234. The first-order valence-corrected chi connectivity index (χ1v) is 12.9. The Morgan fingerprint density at radius 1 is 0.848 bits per heavy atom. The zero-order valence-electron chi connectivity index (χ0n) is 21.1. The van der Waals surface area contributed by atoms with Crippen molar-refractivity contribution in [1.29, 1.82) is 0 Å². The Hall–Kier alpha value is -0.995. The largest absolute Gasteiger partial charge is 0.534 e. The molecule has 0 radical (unpaired) electrons. The topological polar surface area (TPSA) is 61.8 Å². The summed E-state index contributed by atoms with van der Waals surface area (Å²) in [7, 11) is -5.69. The van der Waals surface area contributed by atoms with Crippen molar-refractivity contribution in [3.8, 4) is 0 Å². The SMILES string of the molecule is CC1(C)CCCC=C1B1OC(C)(C)C(C)(C)O1.CC1(C)CCCC=C1OS(=O)(=O)C(F)(F)F. The minimum Gasteiger partial charge on any atom is -0.400 e. The summed E-state index contributed by atoms with van der Waals surface area (Å²) in [4.78, 5) is 0. The standard InChI is InChI=1S/C14H25BO2.C9H13F3O3S/c1-12(2)10-8-7-9-11(12)15-16-13(3,4)14(5,6)17-15;1-8(2)6-4-3-5-7(8)15-16(13,14)9(10,11)12/h9H,7-8,10H2,1-6H3;5H,3-4,6H2,1-2H3. The Morgan fingerprint density at radius 3 is 1.73 bits per heavy atom. The molecule has 3 rings (SSSR count). The van der Waals surface area contributed by atoms with Crippen molar-refractivity contribution in [3.63, 3.8) is 0 Å². The molecule has 0 spiro atoms. The second-order valence-electron chi connectivity index (χ2n) is 11.4. The van der Waals surface area contributed by atoms with Crippen LogP contribution in [0.1, 0.15) is 93.9 Å². The van der Waals surface area contributed by atoms with Crippen molar-refractivity contribution in [2.24, 2.45) is 10.8 Å². The number of hydrogen-bond acceptors (Lipinski definition) is 5. The molecule has 0 N–H and O–H groups in total. The van der Waals surface area contributed by atoms with Crippen LogP contribution in [-0.2, 0) is 23.6 Å². The van der Waals surface area contributed by atoms with E-state index in [2.05, 4.69) is 51.8 Å². The van der Waals surface area contributed by atoms with Gasteiger partial charge in [-0.2, -0.15) is 21.6 Å². The fraction of sp³-hybridized carbons (Fsp3) is 0.826. The van der Waals surface area contributed by atoms with Crippen LogP contribution in [0.3, 0.4) is 0 Å². The van der Waals surface area contributed by atoms with Gasteiger partial charge in [-0.05, 0) is 83.2 Å². The van der Waals surface area contributed by atoms with Crippen molar-refractivity contribution >= 4 is 17.2 Å². The van der Waals surface area contributed by atoms with E-state index in [4.69, 9.17) is 9.31 Å². The third kappa shape index (κ3) is 6.37. The van der Waals surface area contributed by atoms with Gasteiger partial charge in [-0.3, -0.25) is 0 Å². The maximum Gasteiger partial charge on any atom is 0.534 e. The van der Waals surface area contributed by atoms with E-state index < -0.39 is 21.0 Å². The molecule has 0 unspecified atom stereocenters. The normalized spacial score (nSPS) is 26.0. The molecule has 0 aromatic rings. The van der Waals surface area contributed by atoms with Gasteiger partial charge >= 0.3 is 22.7 Å². The number of alkyl halides is 3. The molecule has 0 amide bonds. The van der Waals surface area contributed by atoms with Crippen molar-refractivity contribution in [2.75, 3.05) is 0 Å². The molecule has 1 saturated heterocycles. The third-order valence-corrected chi connectivity index (χ3v) is 8.11. The van der Waals surface area contributed by atoms with Crippen LogP contribution in [0, 0.1) is 10.8 Å². The van der Waals surface area contributed by atoms with Gasteiger partial charge in [0.2, 0.25) is 0 Å². The number of halogens is 3. The van der Waals surface area contributed by atoms with Crippen LogP contribution in [0.2, 0.25) is 0 Å². The monoisotopic (exact) mass is 494 g/mol. The minimum atomic E-state index is -5.54. The van der Waals surface area contributed by atoms with Crippen molar-refractivity contribution in [3.05, 3.63) is 23.4 Å². The summed E-state index contributed by atoms with van der Waals surface area (Å²) in [5.74, 6) is -0.115. The zero-order valence-corrected chi connectivity index (χ0v) is 21.9. The second kappa shape index (κ2) is 9.23. The van der Waals surface area contributed by atoms with Gasteiger partial charge in [-0.1, -0.05) is 33.8 Å². The maximum absolute atomic E-state index is 12.1. The predicted molar refractivity (Wildman–Crippen MR) is 124 cm³/mol. The van der Waals surface area contributed by atoms with Gasteiger partial charge in [0.25, 0.3) is 0 Å². The highest BCUT2D eigenvalue weighted by atomic mass is 32.2. The molecule has 3 aliphatic rings. The molecule has 10 heteroatoms. The summed E-state index contributed by atoms with van der Waals surface area (Å²) in [6.07, 6.45) is 9.34. The minimum absolute atomic E-state index is 0.115. The lowest BCUT2D eigenvalue weighted by atomic mass is 9.60. The first-order valence-electron chi connectivity index (χ1n) is 11.5. The Kier molecular flexibility index (Phi) is 7.90. The fourth-order valence-electron chi connectivity index (χ4n) is 4.10. The highest BCUT2D eigenvalue weighted by Crippen LogP contribution is 2.45. The summed E-state index contributed by atoms with van der Waals surface area (Å²) in [6.45, 7) is 16.4. The van der Waals surface area contributed by atoms with Crippen LogP contribution in [0.15, 0.2) is 23.4 Å². The number of allylic oxidation sites excluding steroid dienone is 4. The molecule has 0 aromatic heterocycles. The average Bonchev–Trinajstić information content (AvgIpc) is 2.83. The van der Waals surface area contributed by atoms with Crippen molar-refractivity contribution in [1.82, 2.24) is 0 Å². The second-order valence-corrected chi connectivity index (χ2v) is 12.9. The molecule has 2 aliphatic carbocycles. The quantitative estimate of drug-likeness (QED) is 0.248. The molecule has 1 heterocycles. The molecule has 1 fully saturated rings. The fourth-order valence-corrected chi connectivity index (χ4v) is 4.72. The van der Waals surface area contributed by atoms with Crippen LogP contribution in [0.5, 0.6) is 0 Å². The molecule has 33 heavy (non-hydrogen) atoms. The van der Waals surface area contributed by atoms with Crippen molar-refractivity contribution in [2.45, 2.75) is 111 Å². The Labute approximate surface area is 197 Å². The molecule has 0 atom stereocenters. The summed E-state index contributed by atoms with van der Waals surface area (Å²) >= 11 is 0. The van der Waals surface area contributed by atoms with Crippen LogP contribution in [-0.4, -0.2) is 32.2 Å². The van der Waals surface area contributed by atoms with E-state index in [1.165, 1.54) is 24.4 Å². The molecule has 0 saturated carbocycles. The molecule has 0 aromatic carbocycles.